The van der Waals surface area contributed by atoms with Gasteiger partial charge in [-0.1, -0.05) is 155 Å². The summed E-state index contributed by atoms with van der Waals surface area (Å²) in [5, 5.41) is 7.39. The average Bonchev–Trinajstić information content (AvgIpc) is 3.13. The van der Waals surface area contributed by atoms with Crippen LogP contribution < -0.4 is 0 Å². The van der Waals surface area contributed by atoms with E-state index in [2.05, 4.69) is 131 Å². The molecule has 9 rings (SSSR count). The van der Waals surface area contributed by atoms with Crippen molar-refractivity contribution in [2.45, 2.75) is 38.5 Å². The Morgan fingerprint density at radius 2 is 0.958 bits per heavy atom. The molecule has 3 nitrogen and oxygen atoms in total. The third-order valence-electron chi connectivity index (χ3n) is 11.1. The second-order valence-electron chi connectivity index (χ2n) is 14.1. The van der Waals surface area contributed by atoms with Gasteiger partial charge >= 0.3 is 0 Å². The van der Waals surface area contributed by atoms with Crippen molar-refractivity contribution in [1.82, 2.24) is 15.0 Å². The first-order chi connectivity index (χ1) is 23.3. The highest BCUT2D eigenvalue weighted by Crippen LogP contribution is 2.56. The molecule has 8 aromatic rings. The molecule has 48 heavy (non-hydrogen) atoms. The molecule has 1 aliphatic rings. The Kier molecular flexibility index (Phi) is 6.20. The molecule has 3 heteroatoms. The molecular formula is C45H35N3. The van der Waals surface area contributed by atoms with E-state index in [-0.39, 0.29) is 10.8 Å². The first kappa shape index (κ1) is 28.5. The first-order valence-electron chi connectivity index (χ1n) is 16.7. The second kappa shape index (κ2) is 10.4. The number of nitrogens with zero attached hydrogens (tertiary/aromatic N) is 3. The Morgan fingerprint density at radius 3 is 1.67 bits per heavy atom. The summed E-state index contributed by atoms with van der Waals surface area (Å²) in [4.78, 5) is 15.1. The number of hydrogen-bond acceptors (Lipinski definition) is 3. The number of hydrogen-bond donors (Lipinski definition) is 0. The molecule has 0 atom stereocenters. The van der Waals surface area contributed by atoms with Crippen molar-refractivity contribution in [2.24, 2.45) is 0 Å². The Balaban J connectivity index is 1.31. The van der Waals surface area contributed by atoms with Crippen LogP contribution in [0.25, 0.3) is 77.6 Å². The molecule has 0 spiro atoms. The standard InChI is InChI=1S/C45H35N3/c1-44(2)38-25-23-28-14-11-12-19-32(28)40(38)37-27-36-31(26-39(37)45(44,3)4)22-24-34-33(36)20-13-21-35(34)43-47-41(29-15-7-5-8-16-29)46-42(48-43)30-17-9-6-10-18-30/h5-27H,1-4H3. The average molecular weight is 618 g/mol. The van der Waals surface area contributed by atoms with Gasteiger partial charge in [0.25, 0.3) is 0 Å². The molecule has 0 aliphatic heterocycles. The van der Waals surface area contributed by atoms with Crippen LogP contribution in [-0.4, -0.2) is 15.0 Å². The highest BCUT2D eigenvalue weighted by atomic mass is 15.0. The fourth-order valence-electron chi connectivity index (χ4n) is 7.74. The van der Waals surface area contributed by atoms with Crippen LogP contribution in [0.2, 0.25) is 0 Å². The largest absolute Gasteiger partial charge is 0.208 e. The molecule has 1 aliphatic carbocycles. The summed E-state index contributed by atoms with van der Waals surface area (Å²) < 4.78 is 0. The van der Waals surface area contributed by atoms with Crippen LogP contribution >= 0.6 is 0 Å². The van der Waals surface area contributed by atoms with Crippen molar-refractivity contribution in [3.8, 4) is 45.3 Å². The maximum absolute atomic E-state index is 5.08. The van der Waals surface area contributed by atoms with Gasteiger partial charge in [-0.25, -0.2) is 15.0 Å². The summed E-state index contributed by atoms with van der Waals surface area (Å²) in [7, 11) is 0. The van der Waals surface area contributed by atoms with Crippen molar-refractivity contribution >= 4 is 32.3 Å². The minimum Gasteiger partial charge on any atom is -0.208 e. The summed E-state index contributed by atoms with van der Waals surface area (Å²) in [6.45, 7) is 9.62. The summed E-state index contributed by atoms with van der Waals surface area (Å²) in [6.07, 6.45) is 0. The van der Waals surface area contributed by atoms with Gasteiger partial charge in [0.05, 0.1) is 0 Å². The summed E-state index contributed by atoms with van der Waals surface area (Å²) in [5.74, 6) is 2.00. The fourth-order valence-corrected chi connectivity index (χ4v) is 7.74. The predicted molar refractivity (Wildman–Crippen MR) is 200 cm³/mol. The molecule has 0 amide bonds. The summed E-state index contributed by atoms with van der Waals surface area (Å²) in [5.41, 5.74) is 8.30. The van der Waals surface area contributed by atoms with Crippen molar-refractivity contribution in [1.29, 1.82) is 0 Å². The smallest absolute Gasteiger partial charge is 0.164 e. The molecule has 0 bridgehead atoms. The van der Waals surface area contributed by atoms with Gasteiger partial charge < -0.3 is 0 Å². The quantitative estimate of drug-likeness (QED) is 0.185. The van der Waals surface area contributed by atoms with Crippen molar-refractivity contribution < 1.29 is 0 Å². The normalized spacial score (nSPS) is 14.6. The zero-order valence-corrected chi connectivity index (χ0v) is 27.6. The van der Waals surface area contributed by atoms with E-state index in [9.17, 15) is 0 Å². The van der Waals surface area contributed by atoms with Crippen LogP contribution in [0.1, 0.15) is 38.8 Å². The van der Waals surface area contributed by atoms with Crippen LogP contribution in [-0.2, 0) is 10.8 Å². The molecule has 0 saturated carbocycles. The van der Waals surface area contributed by atoms with E-state index < -0.39 is 0 Å². The zero-order valence-electron chi connectivity index (χ0n) is 27.6. The lowest BCUT2D eigenvalue weighted by Gasteiger charge is -2.48. The van der Waals surface area contributed by atoms with Crippen molar-refractivity contribution in [3.05, 3.63) is 151 Å². The van der Waals surface area contributed by atoms with Gasteiger partial charge in [-0.3, -0.25) is 0 Å². The van der Waals surface area contributed by atoms with Gasteiger partial charge in [0.1, 0.15) is 0 Å². The van der Waals surface area contributed by atoms with Crippen LogP contribution in [0.15, 0.2) is 140 Å². The summed E-state index contributed by atoms with van der Waals surface area (Å²) in [6, 6.07) is 49.8. The van der Waals surface area contributed by atoms with Gasteiger partial charge in [0.2, 0.25) is 0 Å². The second-order valence-corrected chi connectivity index (χ2v) is 14.1. The third-order valence-corrected chi connectivity index (χ3v) is 11.1. The number of rotatable bonds is 3. The van der Waals surface area contributed by atoms with Crippen LogP contribution in [0.4, 0.5) is 0 Å². The molecule has 1 aromatic heterocycles. The van der Waals surface area contributed by atoms with Crippen LogP contribution in [0, 0.1) is 0 Å². The van der Waals surface area contributed by atoms with E-state index >= 15 is 0 Å². The maximum Gasteiger partial charge on any atom is 0.164 e. The first-order valence-corrected chi connectivity index (χ1v) is 16.7. The SMILES string of the molecule is CC1(C)c2cc3ccc4c(-c5nc(-c6ccccc6)nc(-c6ccccc6)n5)cccc4c3cc2-c2c(ccc3ccccc23)C1(C)C. The van der Waals surface area contributed by atoms with Crippen molar-refractivity contribution in [3.63, 3.8) is 0 Å². The predicted octanol–water partition coefficient (Wildman–Crippen LogP) is 11.6. The Bertz CT molecular complexity index is 2490. The van der Waals surface area contributed by atoms with E-state index in [1.54, 1.807) is 0 Å². The van der Waals surface area contributed by atoms with Gasteiger partial charge in [-0.2, -0.15) is 0 Å². The Hall–Kier alpha value is -5.67. The molecule has 7 aromatic carbocycles. The molecule has 230 valence electrons. The Morgan fingerprint density at radius 1 is 0.375 bits per heavy atom. The fraction of sp³-hybridized carbons (Fsp3) is 0.133. The monoisotopic (exact) mass is 617 g/mol. The van der Waals surface area contributed by atoms with E-state index in [1.165, 1.54) is 49.2 Å². The molecular weight excluding hydrogens is 583 g/mol. The number of aromatic nitrogens is 3. The van der Waals surface area contributed by atoms with Gasteiger partial charge in [0, 0.05) is 16.7 Å². The Labute approximate surface area is 281 Å². The van der Waals surface area contributed by atoms with Gasteiger partial charge in [-0.15, -0.1) is 0 Å². The minimum absolute atomic E-state index is 0.0529. The lowest BCUT2D eigenvalue weighted by molar-refractivity contribution is 0.299. The maximum atomic E-state index is 5.08. The molecule has 0 radical (unpaired) electrons. The van der Waals surface area contributed by atoms with Crippen molar-refractivity contribution in [2.75, 3.05) is 0 Å². The summed E-state index contributed by atoms with van der Waals surface area (Å²) >= 11 is 0. The molecule has 0 unspecified atom stereocenters. The minimum atomic E-state index is -0.0741. The number of benzene rings is 7. The van der Waals surface area contributed by atoms with Crippen LogP contribution in [0.5, 0.6) is 0 Å². The van der Waals surface area contributed by atoms with E-state index in [4.69, 9.17) is 15.0 Å². The molecule has 1 heterocycles. The van der Waals surface area contributed by atoms with E-state index in [0.717, 1.165) is 22.1 Å². The molecule has 0 saturated heterocycles. The molecule has 0 N–H and O–H groups in total. The highest BCUT2D eigenvalue weighted by molar-refractivity contribution is 6.14. The third kappa shape index (κ3) is 4.17. The van der Waals surface area contributed by atoms with Gasteiger partial charge in [0.15, 0.2) is 17.5 Å². The van der Waals surface area contributed by atoms with Crippen LogP contribution in [0.3, 0.4) is 0 Å². The van der Waals surface area contributed by atoms with E-state index in [1.807, 2.05) is 36.4 Å². The zero-order chi connectivity index (χ0) is 32.6. The van der Waals surface area contributed by atoms with E-state index in [0.29, 0.717) is 17.5 Å². The number of fused-ring (bicyclic) bond motifs is 8. The van der Waals surface area contributed by atoms with Gasteiger partial charge in [-0.05, 0) is 77.5 Å². The molecule has 0 fully saturated rings. The lowest BCUT2D eigenvalue weighted by atomic mass is 9.55. The topological polar surface area (TPSA) is 38.7 Å². The lowest BCUT2D eigenvalue weighted by Crippen LogP contribution is -2.43. The highest BCUT2D eigenvalue weighted by Gasteiger charge is 2.46.